The van der Waals surface area contributed by atoms with Crippen LogP contribution in [0.15, 0.2) is 10.7 Å². The van der Waals surface area contributed by atoms with Gasteiger partial charge in [0, 0.05) is 10.9 Å². The van der Waals surface area contributed by atoms with Gasteiger partial charge in [0.05, 0.1) is 0 Å². The van der Waals surface area contributed by atoms with E-state index in [1.54, 1.807) is 0 Å². The van der Waals surface area contributed by atoms with Crippen molar-refractivity contribution in [1.29, 1.82) is 0 Å². The molecule has 0 aromatic rings. The van der Waals surface area contributed by atoms with Crippen LogP contribution in [0.5, 0.6) is 0 Å². The molecule has 1 heterocycles. The summed E-state index contributed by atoms with van der Waals surface area (Å²) < 4.78 is 5.63. The van der Waals surface area contributed by atoms with Crippen LogP contribution in [0.25, 0.3) is 0 Å². The van der Waals surface area contributed by atoms with Gasteiger partial charge < -0.3 is 4.74 Å². The predicted octanol–water partition coefficient (Wildman–Crippen LogP) is 1.95. The topological polar surface area (TPSA) is 26.3 Å². The zero-order chi connectivity index (χ0) is 6.69. The molecule has 9 heavy (non-hydrogen) atoms. The third kappa shape index (κ3) is 2.18. The summed E-state index contributed by atoms with van der Waals surface area (Å²) in [6.45, 7) is 0. The molecule has 0 amide bonds. The molecule has 0 saturated carbocycles. The van der Waals surface area contributed by atoms with E-state index in [0.29, 0.717) is 6.42 Å². The lowest BCUT2D eigenvalue weighted by Gasteiger charge is -1.89. The van der Waals surface area contributed by atoms with Crippen LogP contribution in [0, 0.1) is 0 Å². The normalized spacial score (nSPS) is 20.1. The Balaban J connectivity index is 2.52. The Hall–Kier alpha value is -0.310. The van der Waals surface area contributed by atoms with Crippen LogP contribution in [0.4, 0.5) is 0 Å². The first-order chi connectivity index (χ1) is 4.29. The molecule has 0 radical (unpaired) electrons. The van der Waals surface area contributed by atoms with Gasteiger partial charge in [-0.25, -0.2) is 0 Å². The van der Waals surface area contributed by atoms with E-state index in [1.807, 2.05) is 0 Å². The smallest absolute Gasteiger partial charge is 0.310 e. The van der Waals surface area contributed by atoms with Gasteiger partial charge in [-0.2, -0.15) is 0 Å². The molecule has 0 bridgehead atoms. The van der Waals surface area contributed by atoms with Crippen molar-refractivity contribution in [2.45, 2.75) is 19.3 Å². The second-order valence-electron chi connectivity index (χ2n) is 1.91. The van der Waals surface area contributed by atoms with E-state index >= 15 is 0 Å². The maximum Gasteiger partial charge on any atom is 0.310 e. The highest BCUT2D eigenvalue weighted by molar-refractivity contribution is 9.11. The summed E-state index contributed by atoms with van der Waals surface area (Å²) in [5.41, 5.74) is 0. The Bertz CT molecular complexity index is 151. The molecule has 0 saturated heterocycles. The van der Waals surface area contributed by atoms with Crippen LogP contribution >= 0.6 is 15.9 Å². The van der Waals surface area contributed by atoms with Crippen molar-refractivity contribution in [2.24, 2.45) is 0 Å². The van der Waals surface area contributed by atoms with Gasteiger partial charge >= 0.3 is 5.97 Å². The molecule has 0 aromatic carbocycles. The third-order valence-corrected chi connectivity index (χ3v) is 1.70. The first-order valence-electron chi connectivity index (χ1n) is 2.83. The minimum Gasteiger partial charge on any atom is -0.434 e. The number of carbonyl (C=O) groups is 1. The number of hydrogen-bond acceptors (Lipinski definition) is 2. The molecule has 0 aromatic heterocycles. The number of halogens is 1. The summed E-state index contributed by atoms with van der Waals surface area (Å²) >= 11 is 3.25. The lowest BCUT2D eigenvalue weighted by atomic mass is 10.2. The Morgan fingerprint density at radius 1 is 1.56 bits per heavy atom. The average Bonchev–Trinajstić information content (AvgIpc) is 1.97. The minimum atomic E-state index is -0.135. The van der Waals surface area contributed by atoms with Crippen molar-refractivity contribution in [3.8, 4) is 0 Å². The van der Waals surface area contributed by atoms with Crippen LogP contribution in [0.3, 0.4) is 0 Å². The molecular weight excluding hydrogens is 184 g/mol. The van der Waals surface area contributed by atoms with Gasteiger partial charge in [0.2, 0.25) is 0 Å². The summed E-state index contributed by atoms with van der Waals surface area (Å²) in [5, 5.41) is 0. The second-order valence-corrected chi connectivity index (χ2v) is 2.93. The molecule has 0 aliphatic carbocycles. The third-order valence-electron chi connectivity index (χ3n) is 1.11. The van der Waals surface area contributed by atoms with Crippen molar-refractivity contribution in [1.82, 2.24) is 0 Å². The fourth-order valence-electron chi connectivity index (χ4n) is 0.649. The molecule has 0 fully saturated rings. The van der Waals surface area contributed by atoms with E-state index < -0.39 is 0 Å². The van der Waals surface area contributed by atoms with E-state index in [1.165, 1.54) is 6.26 Å². The zero-order valence-corrected chi connectivity index (χ0v) is 6.48. The molecule has 1 rings (SSSR count). The van der Waals surface area contributed by atoms with Gasteiger partial charge in [-0.3, -0.25) is 4.79 Å². The molecule has 1 aliphatic rings. The van der Waals surface area contributed by atoms with Crippen LogP contribution in [0.2, 0.25) is 0 Å². The molecule has 0 atom stereocenters. The van der Waals surface area contributed by atoms with E-state index in [0.717, 1.165) is 17.3 Å². The van der Waals surface area contributed by atoms with Crippen molar-refractivity contribution in [3.05, 3.63) is 10.7 Å². The second kappa shape index (κ2) is 3.01. The molecule has 2 nitrogen and oxygen atoms in total. The van der Waals surface area contributed by atoms with E-state index in [4.69, 9.17) is 0 Å². The Morgan fingerprint density at radius 3 is 3.11 bits per heavy atom. The summed E-state index contributed by atoms with van der Waals surface area (Å²) in [6, 6.07) is 0. The van der Waals surface area contributed by atoms with Gasteiger partial charge in [0.1, 0.15) is 6.26 Å². The van der Waals surface area contributed by atoms with E-state index in [2.05, 4.69) is 20.7 Å². The molecule has 1 aliphatic heterocycles. The van der Waals surface area contributed by atoms with Crippen LogP contribution in [-0.2, 0) is 9.53 Å². The van der Waals surface area contributed by atoms with Gasteiger partial charge in [0.15, 0.2) is 0 Å². The minimum absolute atomic E-state index is 0.135. The summed E-state index contributed by atoms with van der Waals surface area (Å²) in [5.74, 6) is -0.135. The molecular formula is C6H7BrO2. The summed E-state index contributed by atoms with van der Waals surface area (Å²) in [6.07, 6.45) is 3.79. The Kier molecular flexibility index (Phi) is 2.28. The van der Waals surface area contributed by atoms with Crippen molar-refractivity contribution in [2.75, 3.05) is 0 Å². The maximum atomic E-state index is 10.5. The number of esters is 1. The molecule has 0 unspecified atom stereocenters. The quantitative estimate of drug-likeness (QED) is 0.547. The lowest BCUT2D eigenvalue weighted by Crippen LogP contribution is -1.95. The Labute approximate surface area is 62.0 Å². The van der Waals surface area contributed by atoms with Gasteiger partial charge in [-0.05, 0) is 12.8 Å². The van der Waals surface area contributed by atoms with Gasteiger partial charge in [-0.1, -0.05) is 15.9 Å². The lowest BCUT2D eigenvalue weighted by molar-refractivity contribution is -0.137. The number of cyclic esters (lactones) is 1. The largest absolute Gasteiger partial charge is 0.434 e. The van der Waals surface area contributed by atoms with Gasteiger partial charge in [-0.15, -0.1) is 0 Å². The highest BCUT2D eigenvalue weighted by Crippen LogP contribution is 2.17. The average molecular weight is 191 g/mol. The fraction of sp³-hybridized carbons (Fsp3) is 0.500. The van der Waals surface area contributed by atoms with E-state index in [9.17, 15) is 4.79 Å². The number of hydrogen-bond donors (Lipinski definition) is 0. The van der Waals surface area contributed by atoms with Crippen LogP contribution in [-0.4, -0.2) is 5.97 Å². The van der Waals surface area contributed by atoms with Crippen molar-refractivity contribution >= 4 is 21.9 Å². The highest BCUT2D eigenvalue weighted by atomic mass is 79.9. The van der Waals surface area contributed by atoms with Crippen molar-refractivity contribution in [3.63, 3.8) is 0 Å². The Morgan fingerprint density at radius 2 is 2.33 bits per heavy atom. The number of allylic oxidation sites excluding steroid dienone is 1. The number of rotatable bonds is 0. The number of carbonyl (C=O) groups excluding carboxylic acids is 1. The summed E-state index contributed by atoms with van der Waals surface area (Å²) in [7, 11) is 0. The monoisotopic (exact) mass is 190 g/mol. The molecule has 0 spiro atoms. The number of ether oxygens (including phenoxy) is 1. The highest BCUT2D eigenvalue weighted by Gasteiger charge is 2.06. The summed E-state index contributed by atoms with van der Waals surface area (Å²) in [4.78, 5) is 10.5. The molecule has 3 heteroatoms. The maximum absolute atomic E-state index is 10.5. The molecule has 50 valence electrons. The predicted molar refractivity (Wildman–Crippen MR) is 37.0 cm³/mol. The zero-order valence-electron chi connectivity index (χ0n) is 4.89. The van der Waals surface area contributed by atoms with Crippen LogP contribution in [0.1, 0.15) is 19.3 Å². The first-order valence-corrected chi connectivity index (χ1v) is 3.62. The van der Waals surface area contributed by atoms with Crippen molar-refractivity contribution < 1.29 is 9.53 Å². The standard InChI is InChI=1S/C6H7BrO2/c7-5-2-1-3-6(8)9-4-5/h4H,1-3H2. The molecule has 0 N–H and O–H groups in total. The SMILES string of the molecule is O=C1CCCC(Br)=CO1. The fourth-order valence-corrected chi connectivity index (χ4v) is 1.02. The van der Waals surface area contributed by atoms with E-state index in [-0.39, 0.29) is 5.97 Å². The van der Waals surface area contributed by atoms with Crippen LogP contribution < -0.4 is 0 Å². The first kappa shape index (κ1) is 6.81. The van der Waals surface area contributed by atoms with Gasteiger partial charge in [0.25, 0.3) is 0 Å².